The average molecular weight is 578 g/mol. The van der Waals surface area contributed by atoms with Gasteiger partial charge in [-0.1, -0.05) is 12.2 Å². The summed E-state index contributed by atoms with van der Waals surface area (Å²) in [6, 6.07) is -3.34. The number of likely N-dealkylation sites (tertiary alicyclic amines) is 1. The van der Waals surface area contributed by atoms with Crippen LogP contribution in [0.5, 0.6) is 0 Å². The Morgan fingerprint density at radius 2 is 1.77 bits per heavy atom. The van der Waals surface area contributed by atoms with E-state index in [9.17, 15) is 50.8 Å². The molecule has 0 aromatic heterocycles. The van der Waals surface area contributed by atoms with Crippen LogP contribution in [0.4, 0.5) is 26.3 Å². The Morgan fingerprint density at radius 1 is 1.12 bits per heavy atom. The number of nitrogens with one attached hydrogen (secondary N) is 3. The highest BCUT2D eigenvalue weighted by Gasteiger charge is 2.62. The van der Waals surface area contributed by atoms with E-state index in [1.807, 2.05) is 18.2 Å². The Morgan fingerprint density at radius 3 is 2.33 bits per heavy atom. The maximum Gasteiger partial charge on any atom is 0.471 e. The van der Waals surface area contributed by atoms with Crippen LogP contribution in [-0.2, 0) is 19.2 Å². The zero-order valence-electron chi connectivity index (χ0n) is 21.6. The molecule has 0 aromatic rings. The molecule has 8 atom stereocenters. The van der Waals surface area contributed by atoms with Gasteiger partial charge in [0.15, 0.2) is 0 Å². The Kier molecular flexibility index (Phi) is 7.61. The summed E-state index contributed by atoms with van der Waals surface area (Å²) >= 11 is 0. The normalized spacial score (nSPS) is 30.9. The van der Waals surface area contributed by atoms with Gasteiger partial charge < -0.3 is 20.9 Å². The first-order chi connectivity index (χ1) is 18.5. The van der Waals surface area contributed by atoms with Gasteiger partial charge >= 0.3 is 18.3 Å². The third kappa shape index (κ3) is 5.24. The number of alkyl halides is 6. The zero-order chi connectivity index (χ0) is 29.8. The summed E-state index contributed by atoms with van der Waals surface area (Å²) in [6.45, 7) is 1.20. The first-order valence-corrected chi connectivity index (χ1v) is 12.9. The number of carbonyl (C=O) groups is 4. The number of carbonyl (C=O) groups excluding carboxylic acids is 4. The topological polar surface area (TPSA) is 131 Å². The predicted molar refractivity (Wildman–Crippen MR) is 124 cm³/mol. The van der Waals surface area contributed by atoms with Crippen LogP contribution in [0.25, 0.3) is 0 Å². The van der Waals surface area contributed by atoms with Crippen molar-refractivity contribution in [3.8, 4) is 6.07 Å². The average Bonchev–Trinajstić information content (AvgIpc) is 3.62. The van der Waals surface area contributed by atoms with Crippen LogP contribution in [-0.4, -0.2) is 72.1 Å². The Bertz CT molecular complexity index is 1150. The maximum absolute atomic E-state index is 14.0. The molecule has 0 unspecified atom stereocenters. The molecule has 1 saturated carbocycles. The van der Waals surface area contributed by atoms with Crippen LogP contribution in [0.3, 0.4) is 0 Å². The van der Waals surface area contributed by atoms with Crippen molar-refractivity contribution in [1.29, 1.82) is 5.26 Å². The fourth-order valence-electron chi connectivity index (χ4n) is 6.43. The molecule has 4 amide bonds. The van der Waals surface area contributed by atoms with Gasteiger partial charge in [0.1, 0.15) is 18.1 Å². The number of fused-ring (bicyclic) bond motifs is 5. The van der Waals surface area contributed by atoms with Gasteiger partial charge in [-0.25, -0.2) is 0 Å². The van der Waals surface area contributed by atoms with Crippen LogP contribution >= 0.6 is 0 Å². The van der Waals surface area contributed by atoms with Gasteiger partial charge in [-0.2, -0.15) is 31.6 Å². The number of allylic oxidation sites excluding steroid dienone is 2. The lowest BCUT2D eigenvalue weighted by Crippen LogP contribution is -2.63. The molecule has 220 valence electrons. The minimum Gasteiger partial charge on any atom is -0.356 e. The van der Waals surface area contributed by atoms with Crippen molar-refractivity contribution in [3.63, 3.8) is 0 Å². The summed E-state index contributed by atoms with van der Waals surface area (Å²) in [4.78, 5) is 51.8. The Balaban J connectivity index is 1.65. The summed E-state index contributed by atoms with van der Waals surface area (Å²) in [7, 11) is 0. The van der Waals surface area contributed by atoms with Gasteiger partial charge in [0.25, 0.3) is 0 Å². The minimum absolute atomic E-state index is 0.0276. The number of halogens is 6. The van der Waals surface area contributed by atoms with E-state index in [0.717, 1.165) is 4.90 Å². The maximum atomic E-state index is 14.0. The summed E-state index contributed by atoms with van der Waals surface area (Å²) in [5.74, 6) is -7.05. The molecule has 40 heavy (non-hydrogen) atoms. The van der Waals surface area contributed by atoms with Crippen LogP contribution in [0.1, 0.15) is 33.1 Å². The molecule has 2 saturated heterocycles. The summed E-state index contributed by atoms with van der Waals surface area (Å²) in [5, 5.41) is 16.0. The molecule has 2 aliphatic carbocycles. The van der Waals surface area contributed by atoms with Crippen molar-refractivity contribution in [2.45, 2.75) is 63.6 Å². The molecule has 3 N–H and O–H groups in total. The van der Waals surface area contributed by atoms with E-state index < -0.39 is 65.5 Å². The monoisotopic (exact) mass is 577 g/mol. The molecule has 4 aliphatic rings. The van der Waals surface area contributed by atoms with Crippen molar-refractivity contribution in [2.75, 3.05) is 13.1 Å². The molecule has 0 spiro atoms. The molecule has 9 nitrogen and oxygen atoms in total. The third-order valence-corrected chi connectivity index (χ3v) is 8.74. The lowest BCUT2D eigenvalue weighted by Gasteiger charge is -2.39. The van der Waals surface area contributed by atoms with Gasteiger partial charge in [-0.05, 0) is 56.8 Å². The van der Waals surface area contributed by atoms with Crippen LogP contribution in [0.2, 0.25) is 0 Å². The molecule has 2 aliphatic heterocycles. The molecule has 0 radical (unpaired) electrons. The van der Waals surface area contributed by atoms with Gasteiger partial charge in [0.05, 0.1) is 11.5 Å². The standard InChI is InChI=1S/C25H29F6N5O4/c1-23(2,25(29,30)31)18(35-22(40)24(26,27)28)21(39)36-10-15-11-3-4-12(7-11)16(15)17(36)20(38)34-14(9-32)8-13-5-6-33-19(13)37/h3-4,11-18H,5-8,10H2,1-2H3,(H,33,37)(H,34,38)(H,35,40)/t11-,12+,13+,14+,15-,16+,17+,18-/m1/s1. The van der Waals surface area contributed by atoms with E-state index in [2.05, 4.69) is 10.6 Å². The van der Waals surface area contributed by atoms with E-state index in [1.54, 1.807) is 0 Å². The Labute approximate surface area is 225 Å². The van der Waals surface area contributed by atoms with Crippen molar-refractivity contribution in [1.82, 2.24) is 20.9 Å². The highest BCUT2D eigenvalue weighted by Crippen LogP contribution is 2.54. The van der Waals surface area contributed by atoms with Crippen molar-refractivity contribution < 1.29 is 45.5 Å². The molecule has 15 heteroatoms. The number of nitrogens with zero attached hydrogens (tertiary/aromatic N) is 2. The van der Waals surface area contributed by atoms with Crippen LogP contribution in [0, 0.1) is 46.3 Å². The van der Waals surface area contributed by atoms with Crippen LogP contribution in [0.15, 0.2) is 12.2 Å². The van der Waals surface area contributed by atoms with Crippen LogP contribution < -0.4 is 16.0 Å². The van der Waals surface area contributed by atoms with E-state index >= 15 is 0 Å². The molecule has 0 aromatic carbocycles. The van der Waals surface area contributed by atoms with Gasteiger partial charge in [0.2, 0.25) is 17.7 Å². The molecular weight excluding hydrogens is 548 g/mol. The summed E-state index contributed by atoms with van der Waals surface area (Å²) < 4.78 is 81.1. The highest BCUT2D eigenvalue weighted by atomic mass is 19.4. The highest BCUT2D eigenvalue weighted by molar-refractivity contribution is 5.94. The van der Waals surface area contributed by atoms with Crippen molar-refractivity contribution >= 4 is 23.6 Å². The molecule has 3 fully saturated rings. The smallest absolute Gasteiger partial charge is 0.356 e. The number of nitriles is 1. The van der Waals surface area contributed by atoms with Gasteiger partial charge in [-0.3, -0.25) is 19.2 Å². The second-order valence-electron chi connectivity index (χ2n) is 11.5. The van der Waals surface area contributed by atoms with Crippen molar-refractivity contribution in [2.24, 2.45) is 35.0 Å². The van der Waals surface area contributed by atoms with Gasteiger partial charge in [-0.15, -0.1) is 0 Å². The molecular formula is C25H29F6N5O4. The molecule has 2 heterocycles. The lowest BCUT2D eigenvalue weighted by molar-refractivity contribution is -0.225. The number of hydrogen-bond acceptors (Lipinski definition) is 5. The largest absolute Gasteiger partial charge is 0.471 e. The van der Waals surface area contributed by atoms with E-state index in [4.69, 9.17) is 0 Å². The zero-order valence-corrected chi connectivity index (χ0v) is 21.6. The second-order valence-corrected chi connectivity index (χ2v) is 11.5. The SMILES string of the molecule is CC(C)([C@H](NC(=O)C(F)(F)F)C(=O)N1C[C@H]2[C@@H]([C@H]1C(=O)N[C@H](C#N)C[C@@H]1CCNC1=O)[C@H]1C=C[C@@H]2C1)C(F)(F)F. The molecule has 4 rings (SSSR count). The predicted octanol–water partition coefficient (Wildman–Crippen LogP) is 1.81. The number of hydrogen-bond donors (Lipinski definition) is 3. The lowest BCUT2D eigenvalue weighted by atomic mass is 9.81. The second kappa shape index (κ2) is 10.3. The first kappa shape index (κ1) is 29.7. The fraction of sp³-hybridized carbons (Fsp3) is 0.720. The van der Waals surface area contributed by atoms with Gasteiger partial charge in [0, 0.05) is 19.0 Å². The summed E-state index contributed by atoms with van der Waals surface area (Å²) in [6.07, 6.45) is -5.98. The van der Waals surface area contributed by atoms with E-state index in [1.165, 1.54) is 5.32 Å². The minimum atomic E-state index is -5.56. The number of rotatable bonds is 7. The van der Waals surface area contributed by atoms with E-state index in [0.29, 0.717) is 33.2 Å². The van der Waals surface area contributed by atoms with E-state index in [-0.39, 0.29) is 36.6 Å². The fourth-order valence-corrected chi connectivity index (χ4v) is 6.43. The molecule has 2 bridgehead atoms. The first-order valence-electron chi connectivity index (χ1n) is 12.9. The number of amides is 4. The Hall–Kier alpha value is -3.31. The van der Waals surface area contributed by atoms with Crippen molar-refractivity contribution in [3.05, 3.63) is 12.2 Å². The summed E-state index contributed by atoms with van der Waals surface area (Å²) in [5.41, 5.74) is -3.13. The third-order valence-electron chi connectivity index (χ3n) is 8.74. The quantitative estimate of drug-likeness (QED) is 0.314.